The van der Waals surface area contributed by atoms with Gasteiger partial charge in [-0.25, -0.2) is 0 Å². The van der Waals surface area contributed by atoms with Crippen LogP contribution in [0.25, 0.3) is 0 Å². The summed E-state index contributed by atoms with van der Waals surface area (Å²) in [6, 6.07) is 0.867. The van der Waals surface area contributed by atoms with Crippen molar-refractivity contribution in [1.82, 2.24) is 10.2 Å². The third kappa shape index (κ3) is 1.74. The lowest BCUT2D eigenvalue weighted by Crippen LogP contribution is -2.42. The Balaban J connectivity index is 1.93. The standard InChI is InChI=1S/C9H18N2/c1-2-6-11-7-3-5-10-8-9(11)4-1/h9-10H,1-8H2/t9-/m1/s1. The van der Waals surface area contributed by atoms with E-state index in [0.717, 1.165) is 6.04 Å². The number of nitrogens with one attached hydrogen (secondary N) is 1. The zero-order valence-electron chi connectivity index (χ0n) is 7.18. The van der Waals surface area contributed by atoms with E-state index in [1.807, 2.05) is 0 Å². The molecular formula is C9H18N2. The molecule has 2 nitrogen and oxygen atoms in total. The van der Waals surface area contributed by atoms with Gasteiger partial charge in [-0.3, -0.25) is 4.90 Å². The molecule has 2 saturated heterocycles. The predicted molar refractivity (Wildman–Crippen MR) is 46.7 cm³/mol. The molecule has 2 heterocycles. The minimum Gasteiger partial charge on any atom is -0.315 e. The van der Waals surface area contributed by atoms with Crippen molar-refractivity contribution in [3.63, 3.8) is 0 Å². The van der Waals surface area contributed by atoms with E-state index < -0.39 is 0 Å². The molecule has 0 bridgehead atoms. The highest BCUT2D eigenvalue weighted by atomic mass is 15.2. The molecule has 2 aliphatic heterocycles. The van der Waals surface area contributed by atoms with Crippen molar-refractivity contribution in [3.8, 4) is 0 Å². The van der Waals surface area contributed by atoms with Crippen LogP contribution >= 0.6 is 0 Å². The molecule has 2 heteroatoms. The summed E-state index contributed by atoms with van der Waals surface area (Å²) in [5, 5.41) is 3.50. The van der Waals surface area contributed by atoms with E-state index in [-0.39, 0.29) is 0 Å². The molecule has 11 heavy (non-hydrogen) atoms. The molecule has 0 aromatic rings. The van der Waals surface area contributed by atoms with Crippen molar-refractivity contribution in [1.29, 1.82) is 0 Å². The van der Waals surface area contributed by atoms with Crippen LogP contribution in [0.3, 0.4) is 0 Å². The molecule has 1 N–H and O–H groups in total. The largest absolute Gasteiger partial charge is 0.315 e. The quantitative estimate of drug-likeness (QED) is 0.556. The zero-order valence-corrected chi connectivity index (χ0v) is 7.18. The Kier molecular flexibility index (Phi) is 2.44. The molecule has 2 rings (SSSR count). The molecule has 0 aromatic heterocycles. The van der Waals surface area contributed by atoms with Gasteiger partial charge >= 0.3 is 0 Å². The molecule has 0 aliphatic carbocycles. The monoisotopic (exact) mass is 154 g/mol. The Bertz CT molecular complexity index is 111. The van der Waals surface area contributed by atoms with Crippen LogP contribution < -0.4 is 5.32 Å². The summed E-state index contributed by atoms with van der Waals surface area (Å²) in [5.41, 5.74) is 0. The van der Waals surface area contributed by atoms with Gasteiger partial charge < -0.3 is 5.32 Å². The van der Waals surface area contributed by atoms with E-state index in [0.29, 0.717) is 0 Å². The molecule has 2 fully saturated rings. The predicted octanol–water partition coefficient (Wildman–Crippen LogP) is 0.834. The fourth-order valence-corrected chi connectivity index (χ4v) is 2.26. The minimum absolute atomic E-state index is 0.867. The van der Waals surface area contributed by atoms with E-state index >= 15 is 0 Å². The highest BCUT2D eigenvalue weighted by molar-refractivity contribution is 4.80. The van der Waals surface area contributed by atoms with Crippen LogP contribution in [0.5, 0.6) is 0 Å². The molecule has 0 aromatic carbocycles. The van der Waals surface area contributed by atoms with Crippen LogP contribution in [-0.2, 0) is 0 Å². The first kappa shape index (κ1) is 7.56. The molecule has 0 spiro atoms. The smallest absolute Gasteiger partial charge is 0.0220 e. The van der Waals surface area contributed by atoms with Crippen molar-refractivity contribution in [3.05, 3.63) is 0 Å². The Hall–Kier alpha value is -0.0800. The van der Waals surface area contributed by atoms with Gasteiger partial charge in [-0.2, -0.15) is 0 Å². The SMILES string of the molecule is C1CCN2CCCNC[C@H]2C1. The Morgan fingerprint density at radius 1 is 1.09 bits per heavy atom. The van der Waals surface area contributed by atoms with E-state index in [1.165, 1.54) is 51.9 Å². The van der Waals surface area contributed by atoms with Crippen LogP contribution in [0.4, 0.5) is 0 Å². The Morgan fingerprint density at radius 3 is 3.00 bits per heavy atom. The second kappa shape index (κ2) is 3.55. The van der Waals surface area contributed by atoms with Gasteiger partial charge in [-0.05, 0) is 38.9 Å². The molecule has 0 saturated carbocycles. The van der Waals surface area contributed by atoms with Gasteiger partial charge in [0.1, 0.15) is 0 Å². The van der Waals surface area contributed by atoms with E-state index in [2.05, 4.69) is 10.2 Å². The summed E-state index contributed by atoms with van der Waals surface area (Å²) in [4.78, 5) is 2.67. The molecular weight excluding hydrogens is 136 g/mol. The van der Waals surface area contributed by atoms with Gasteiger partial charge in [0.2, 0.25) is 0 Å². The average Bonchev–Trinajstić information content (AvgIpc) is 2.28. The third-order valence-corrected chi connectivity index (χ3v) is 2.93. The molecule has 2 aliphatic rings. The van der Waals surface area contributed by atoms with Crippen molar-refractivity contribution in [2.24, 2.45) is 0 Å². The highest BCUT2D eigenvalue weighted by Gasteiger charge is 2.22. The summed E-state index contributed by atoms with van der Waals surface area (Å²) in [7, 11) is 0. The van der Waals surface area contributed by atoms with Crippen molar-refractivity contribution < 1.29 is 0 Å². The molecule has 64 valence electrons. The first-order chi connectivity index (χ1) is 5.47. The Labute approximate surface area is 69.0 Å². The number of fused-ring (bicyclic) bond motifs is 1. The zero-order chi connectivity index (χ0) is 7.52. The van der Waals surface area contributed by atoms with Gasteiger partial charge in [0.05, 0.1) is 0 Å². The third-order valence-electron chi connectivity index (χ3n) is 2.93. The lowest BCUT2D eigenvalue weighted by atomic mass is 10.0. The average molecular weight is 154 g/mol. The fraction of sp³-hybridized carbons (Fsp3) is 1.00. The van der Waals surface area contributed by atoms with Crippen molar-refractivity contribution >= 4 is 0 Å². The van der Waals surface area contributed by atoms with Crippen LogP contribution in [0.2, 0.25) is 0 Å². The topological polar surface area (TPSA) is 15.3 Å². The van der Waals surface area contributed by atoms with Gasteiger partial charge in [0, 0.05) is 12.6 Å². The van der Waals surface area contributed by atoms with E-state index in [1.54, 1.807) is 0 Å². The molecule has 0 radical (unpaired) electrons. The number of rotatable bonds is 0. The molecule has 0 unspecified atom stereocenters. The number of hydrogen-bond donors (Lipinski definition) is 1. The normalized spacial score (nSPS) is 34.4. The first-order valence-corrected chi connectivity index (χ1v) is 4.91. The van der Waals surface area contributed by atoms with Crippen LogP contribution in [0, 0.1) is 0 Å². The van der Waals surface area contributed by atoms with E-state index in [9.17, 15) is 0 Å². The first-order valence-electron chi connectivity index (χ1n) is 4.91. The maximum Gasteiger partial charge on any atom is 0.0220 e. The summed E-state index contributed by atoms with van der Waals surface area (Å²) in [6.45, 7) is 5.15. The maximum absolute atomic E-state index is 3.50. The summed E-state index contributed by atoms with van der Waals surface area (Å²) in [6.07, 6.45) is 5.64. The van der Waals surface area contributed by atoms with Crippen molar-refractivity contribution in [2.75, 3.05) is 26.2 Å². The van der Waals surface area contributed by atoms with Crippen LogP contribution in [-0.4, -0.2) is 37.1 Å². The lowest BCUT2D eigenvalue weighted by molar-refractivity contribution is 0.160. The second-order valence-corrected chi connectivity index (χ2v) is 3.74. The number of nitrogens with zero attached hydrogens (tertiary/aromatic N) is 1. The van der Waals surface area contributed by atoms with Gasteiger partial charge in [-0.1, -0.05) is 6.42 Å². The molecule has 0 amide bonds. The fourth-order valence-electron chi connectivity index (χ4n) is 2.26. The lowest BCUT2D eigenvalue weighted by Gasteiger charge is -2.33. The van der Waals surface area contributed by atoms with Gasteiger partial charge in [0.15, 0.2) is 0 Å². The summed E-state index contributed by atoms with van der Waals surface area (Å²) < 4.78 is 0. The maximum atomic E-state index is 3.50. The number of hydrogen-bond acceptors (Lipinski definition) is 2. The van der Waals surface area contributed by atoms with Gasteiger partial charge in [-0.15, -0.1) is 0 Å². The van der Waals surface area contributed by atoms with Crippen molar-refractivity contribution in [2.45, 2.75) is 31.7 Å². The summed E-state index contributed by atoms with van der Waals surface area (Å²) >= 11 is 0. The van der Waals surface area contributed by atoms with Crippen LogP contribution in [0.1, 0.15) is 25.7 Å². The Morgan fingerprint density at radius 2 is 2.00 bits per heavy atom. The minimum atomic E-state index is 0.867. The number of piperidine rings is 1. The summed E-state index contributed by atoms with van der Waals surface area (Å²) in [5.74, 6) is 0. The van der Waals surface area contributed by atoms with E-state index in [4.69, 9.17) is 0 Å². The second-order valence-electron chi connectivity index (χ2n) is 3.74. The van der Waals surface area contributed by atoms with Gasteiger partial charge in [0.25, 0.3) is 0 Å². The van der Waals surface area contributed by atoms with Crippen LogP contribution in [0.15, 0.2) is 0 Å². The highest BCUT2D eigenvalue weighted by Crippen LogP contribution is 2.17. The molecule has 1 atom stereocenters.